The van der Waals surface area contributed by atoms with Crippen LogP contribution in [0, 0.1) is 41.4 Å². The maximum atomic E-state index is 14.7. The van der Waals surface area contributed by atoms with Crippen molar-refractivity contribution >= 4 is 23.6 Å². The average molecular weight is 934 g/mol. The number of rotatable bonds is 16. The second-order valence-electron chi connectivity index (χ2n) is 21.1. The molecule has 6 aliphatic rings. The van der Waals surface area contributed by atoms with Crippen LogP contribution in [0.5, 0.6) is 0 Å². The van der Waals surface area contributed by atoms with Crippen LogP contribution in [-0.4, -0.2) is 149 Å². The smallest absolute Gasteiger partial charge is 0.309 e. The molecular formula is C50H83N3O13. The molecule has 0 saturated carbocycles. The van der Waals surface area contributed by atoms with Crippen LogP contribution in [-0.2, 0) is 47.6 Å². The number of ketones is 1. The predicted molar refractivity (Wildman–Crippen MR) is 245 cm³/mol. The Balaban J connectivity index is 1.22. The lowest BCUT2D eigenvalue weighted by atomic mass is 9.72. The summed E-state index contributed by atoms with van der Waals surface area (Å²) >= 11 is 0. The number of aliphatic carboxylic acids is 1. The molecule has 6 heterocycles. The van der Waals surface area contributed by atoms with Crippen molar-refractivity contribution in [3.63, 3.8) is 0 Å². The highest BCUT2D eigenvalue weighted by Crippen LogP contribution is 2.54. The molecule has 16 heteroatoms. The Morgan fingerprint density at radius 3 is 2.20 bits per heavy atom. The number of nitrogens with one attached hydrogen (secondary N) is 2. The van der Waals surface area contributed by atoms with E-state index in [0.717, 1.165) is 19.5 Å². The molecule has 0 aromatic heterocycles. The highest BCUT2D eigenvalue weighted by Gasteiger charge is 2.63. The summed E-state index contributed by atoms with van der Waals surface area (Å²) in [4.78, 5) is 55.9. The van der Waals surface area contributed by atoms with Crippen molar-refractivity contribution in [1.82, 2.24) is 15.5 Å². The first-order valence-electron chi connectivity index (χ1n) is 25.3. The third-order valence-electron chi connectivity index (χ3n) is 16.8. The summed E-state index contributed by atoms with van der Waals surface area (Å²) in [5.74, 6) is -8.15. The Hall–Kier alpha value is -2.54. The van der Waals surface area contributed by atoms with E-state index in [1.165, 1.54) is 0 Å². The Morgan fingerprint density at radius 1 is 0.864 bits per heavy atom. The van der Waals surface area contributed by atoms with Gasteiger partial charge in [0.15, 0.2) is 11.6 Å². The number of aliphatic hydroxyl groups excluding tert-OH is 1. The topological polar surface area (TPSA) is 212 Å². The number of morpholine rings is 1. The Kier molecular flexibility index (Phi) is 17.3. The maximum absolute atomic E-state index is 14.7. The lowest BCUT2D eigenvalue weighted by Gasteiger charge is -2.55. The molecule has 2 spiro atoms. The summed E-state index contributed by atoms with van der Waals surface area (Å²) < 4.78 is 39.9. The molecule has 16 nitrogen and oxygen atoms in total. The SMILES string of the molecule is CC[C@@H](C(=O)[C@@H](C)[C@@H](O)[C@H](C)[C@@H]1O[C@@H]([C@@H](CC)C(=O)O)CC[C@@H]1C)[C@H]1O[C@]2(C=C[C@@H](NC(=O)C(=O)NCCN3CCOCC3)[C@]3(CC[C@@](C)([C@H]4CC[C@](O)(CC)[C@H](C)O4)O3)O2)[C@H](C)C[C@@H]1C. The molecule has 5 fully saturated rings. The molecular weight excluding hydrogens is 851 g/mol. The lowest BCUT2D eigenvalue weighted by Crippen LogP contribution is -2.66. The monoisotopic (exact) mass is 934 g/mol. The number of hydrogen-bond acceptors (Lipinski definition) is 13. The van der Waals surface area contributed by atoms with Gasteiger partial charge in [-0.2, -0.15) is 0 Å². The van der Waals surface area contributed by atoms with Crippen molar-refractivity contribution < 1.29 is 62.9 Å². The predicted octanol–water partition coefficient (Wildman–Crippen LogP) is 4.76. The summed E-state index contributed by atoms with van der Waals surface area (Å²) in [6.07, 6.45) is 5.63. The first-order valence-corrected chi connectivity index (χ1v) is 25.3. The molecule has 0 aromatic rings. The van der Waals surface area contributed by atoms with Gasteiger partial charge in [0, 0.05) is 56.3 Å². The van der Waals surface area contributed by atoms with Crippen LogP contribution in [0.3, 0.4) is 0 Å². The van der Waals surface area contributed by atoms with Gasteiger partial charge in [-0.1, -0.05) is 61.5 Å². The summed E-state index contributed by atoms with van der Waals surface area (Å²) in [5.41, 5.74) is -1.84. The number of carbonyl (C=O) groups excluding carboxylic acids is 3. The van der Waals surface area contributed by atoms with Gasteiger partial charge in [-0.25, -0.2) is 0 Å². The highest BCUT2D eigenvalue weighted by atomic mass is 16.8. The molecule has 66 heavy (non-hydrogen) atoms. The van der Waals surface area contributed by atoms with E-state index in [1.54, 1.807) is 19.1 Å². The minimum Gasteiger partial charge on any atom is -0.481 e. The second kappa shape index (κ2) is 21.6. The Bertz CT molecular complexity index is 1730. The number of nitrogens with zero attached hydrogens (tertiary/aromatic N) is 1. The number of Topliss-reactive ketones (excluding diaryl/α,β-unsaturated/α-hetero) is 1. The minimum atomic E-state index is -1.49. The fourth-order valence-corrected chi connectivity index (χ4v) is 12.1. The largest absolute Gasteiger partial charge is 0.481 e. The zero-order chi connectivity index (χ0) is 48.4. The maximum Gasteiger partial charge on any atom is 0.309 e. The number of amides is 2. The molecule has 6 aliphatic heterocycles. The molecule has 376 valence electrons. The van der Waals surface area contributed by atoms with Crippen LogP contribution in [0.2, 0.25) is 0 Å². The van der Waals surface area contributed by atoms with Crippen LogP contribution in [0.1, 0.15) is 133 Å². The van der Waals surface area contributed by atoms with Crippen LogP contribution in [0.15, 0.2) is 12.2 Å². The third kappa shape index (κ3) is 10.9. The summed E-state index contributed by atoms with van der Waals surface area (Å²) in [6, 6.07) is -0.892. The number of carbonyl (C=O) groups is 4. The van der Waals surface area contributed by atoms with E-state index >= 15 is 0 Å². The van der Waals surface area contributed by atoms with Gasteiger partial charge < -0.3 is 54.4 Å². The Labute approximate surface area is 392 Å². The van der Waals surface area contributed by atoms with Crippen molar-refractivity contribution in [2.75, 3.05) is 39.4 Å². The number of carboxylic acid groups (broad SMARTS) is 1. The fraction of sp³-hybridized carbons (Fsp3) is 0.880. The average Bonchev–Trinajstić information content (AvgIpc) is 3.64. The van der Waals surface area contributed by atoms with Crippen LogP contribution in [0.4, 0.5) is 0 Å². The van der Waals surface area contributed by atoms with Crippen LogP contribution >= 0.6 is 0 Å². The van der Waals surface area contributed by atoms with Crippen molar-refractivity contribution in [1.29, 1.82) is 0 Å². The van der Waals surface area contributed by atoms with Crippen molar-refractivity contribution in [2.45, 2.75) is 199 Å². The second-order valence-corrected chi connectivity index (χ2v) is 21.1. The van der Waals surface area contributed by atoms with Crippen molar-refractivity contribution in [3.05, 3.63) is 12.2 Å². The van der Waals surface area contributed by atoms with E-state index in [-0.39, 0.29) is 23.5 Å². The van der Waals surface area contributed by atoms with Gasteiger partial charge in [-0.15, -0.1) is 0 Å². The van der Waals surface area contributed by atoms with Crippen LogP contribution in [0.25, 0.3) is 0 Å². The van der Waals surface area contributed by atoms with Gasteiger partial charge in [0.05, 0.1) is 67.0 Å². The molecule has 0 bridgehead atoms. The van der Waals surface area contributed by atoms with E-state index in [9.17, 15) is 34.5 Å². The molecule has 0 aliphatic carbocycles. The van der Waals surface area contributed by atoms with Crippen molar-refractivity contribution in [3.8, 4) is 0 Å². The first-order chi connectivity index (χ1) is 31.2. The summed E-state index contributed by atoms with van der Waals surface area (Å²) in [7, 11) is 0. The van der Waals surface area contributed by atoms with E-state index in [2.05, 4.69) is 29.4 Å². The van der Waals surface area contributed by atoms with Gasteiger partial charge in [0.25, 0.3) is 0 Å². The standard InChI is InChI=1S/C50H83N3O13/c1-11-35(46(58)59)37-15-14-29(4)42(63-37)33(8)40(54)32(7)41(55)36(12-2)43-30(5)28-31(6)49(64-43)19-16-38(52-45(57)44(56)51-22-23-53-24-26-61-27-25-53)50(66-49)21-20-47(10,65-50)39-17-18-48(60,13-3)34(9)62-39/h16,19,29-40,42-43,54,60H,11-15,17-18,20-28H2,1-10H3,(H,51,56)(H,52,57)(H,58,59)/t29-,30-,31+,32-,33-,34-,35+,36-,37+,38+,39+,40+,42+,43-,47-,48+,49-,50-/m0/s1. The van der Waals surface area contributed by atoms with Gasteiger partial charge in [0.1, 0.15) is 11.8 Å². The lowest BCUT2D eigenvalue weighted by molar-refractivity contribution is -0.398. The van der Waals surface area contributed by atoms with E-state index in [0.29, 0.717) is 84.1 Å². The number of carboxylic acids is 1. The molecule has 0 unspecified atom stereocenters. The molecule has 5 N–H and O–H groups in total. The zero-order valence-corrected chi connectivity index (χ0v) is 41.4. The summed E-state index contributed by atoms with van der Waals surface area (Å²) in [6.45, 7) is 23.1. The number of ether oxygens (including phenoxy) is 6. The highest BCUT2D eigenvalue weighted by molar-refractivity contribution is 6.35. The van der Waals surface area contributed by atoms with Gasteiger partial charge in [0.2, 0.25) is 0 Å². The summed E-state index contributed by atoms with van der Waals surface area (Å²) in [5, 5.41) is 38.7. The number of hydrogen-bond donors (Lipinski definition) is 5. The molecule has 6 rings (SSSR count). The van der Waals surface area contributed by atoms with Gasteiger partial charge in [-0.3, -0.25) is 24.1 Å². The zero-order valence-electron chi connectivity index (χ0n) is 41.4. The number of aliphatic hydroxyl groups is 2. The Morgan fingerprint density at radius 2 is 1.56 bits per heavy atom. The van der Waals surface area contributed by atoms with E-state index in [1.807, 2.05) is 48.5 Å². The fourth-order valence-electron chi connectivity index (χ4n) is 12.1. The normalized spacial score (nSPS) is 40.9. The first kappa shape index (κ1) is 52.8. The molecule has 0 radical (unpaired) electrons. The molecule has 18 atom stereocenters. The molecule has 2 amide bonds. The van der Waals surface area contributed by atoms with Gasteiger partial charge in [-0.05, 0) is 89.5 Å². The van der Waals surface area contributed by atoms with Crippen molar-refractivity contribution in [2.24, 2.45) is 41.4 Å². The van der Waals surface area contributed by atoms with E-state index < -0.39 is 107 Å². The van der Waals surface area contributed by atoms with Crippen LogP contribution < -0.4 is 10.6 Å². The quantitative estimate of drug-likeness (QED) is 0.104. The van der Waals surface area contributed by atoms with Gasteiger partial charge >= 0.3 is 17.8 Å². The molecule has 5 saturated heterocycles. The molecule has 0 aromatic carbocycles. The van der Waals surface area contributed by atoms with E-state index in [4.69, 9.17) is 28.4 Å². The third-order valence-corrected chi connectivity index (χ3v) is 16.8. The minimum absolute atomic E-state index is 0.0681.